The molecule has 0 bridgehead atoms. The van der Waals surface area contributed by atoms with E-state index in [-0.39, 0.29) is 11.7 Å². The molecule has 0 unspecified atom stereocenters. The molecule has 0 N–H and O–H groups in total. The van der Waals surface area contributed by atoms with Crippen molar-refractivity contribution in [3.05, 3.63) is 28.8 Å². The van der Waals surface area contributed by atoms with Crippen LogP contribution in [0.1, 0.15) is 37.0 Å². The molecule has 17 heavy (non-hydrogen) atoms. The maximum atomic E-state index is 12.0. The second kappa shape index (κ2) is 5.09. The van der Waals surface area contributed by atoms with Gasteiger partial charge in [0.1, 0.15) is 0 Å². The molecule has 1 aromatic rings. The highest BCUT2D eigenvalue weighted by molar-refractivity contribution is 6.33. The molecule has 1 aliphatic rings. The zero-order valence-electron chi connectivity index (χ0n) is 10.4. The van der Waals surface area contributed by atoms with E-state index in [1.807, 2.05) is 32.0 Å². The van der Waals surface area contributed by atoms with Crippen LogP contribution < -0.4 is 4.90 Å². The Kier molecular flexibility index (Phi) is 3.72. The van der Waals surface area contributed by atoms with Crippen LogP contribution in [0.25, 0.3) is 0 Å². The van der Waals surface area contributed by atoms with E-state index in [0.29, 0.717) is 0 Å². The van der Waals surface area contributed by atoms with Crippen molar-refractivity contribution >= 4 is 23.1 Å². The van der Waals surface area contributed by atoms with Crippen molar-refractivity contribution in [3.63, 3.8) is 0 Å². The van der Waals surface area contributed by atoms with Gasteiger partial charge in [0.2, 0.25) is 0 Å². The van der Waals surface area contributed by atoms with Gasteiger partial charge in [-0.05, 0) is 31.0 Å². The van der Waals surface area contributed by atoms with E-state index < -0.39 is 0 Å². The van der Waals surface area contributed by atoms with Gasteiger partial charge >= 0.3 is 0 Å². The second-order valence-corrected chi connectivity index (χ2v) is 5.29. The van der Waals surface area contributed by atoms with Crippen LogP contribution >= 0.6 is 11.6 Å². The van der Waals surface area contributed by atoms with Crippen LogP contribution in [0.2, 0.25) is 5.02 Å². The van der Waals surface area contributed by atoms with Crippen molar-refractivity contribution in [3.8, 4) is 0 Å². The molecule has 92 valence electrons. The average Bonchev–Trinajstić information content (AvgIpc) is 2.82. The van der Waals surface area contributed by atoms with E-state index in [1.54, 1.807) is 0 Å². The number of Topliss-reactive ketones (excluding diaryl/α,β-unsaturated/α-hetero) is 1. The molecule has 3 heteroatoms. The molecule has 0 atom stereocenters. The predicted octanol–water partition coefficient (Wildman–Crippen LogP) is 3.78. The highest BCUT2D eigenvalue weighted by Crippen LogP contribution is 2.30. The Labute approximate surface area is 108 Å². The Morgan fingerprint density at radius 1 is 1.29 bits per heavy atom. The van der Waals surface area contributed by atoms with Gasteiger partial charge in [0.15, 0.2) is 5.78 Å². The van der Waals surface area contributed by atoms with Gasteiger partial charge in [0.05, 0.1) is 10.7 Å². The molecule has 1 aliphatic heterocycles. The lowest BCUT2D eigenvalue weighted by molar-refractivity contribution is 0.0939. The topological polar surface area (TPSA) is 20.3 Å². The third-order valence-electron chi connectivity index (χ3n) is 3.20. The van der Waals surface area contributed by atoms with Crippen LogP contribution in [0.15, 0.2) is 18.2 Å². The Bertz CT molecular complexity index is 422. The molecule has 1 fully saturated rings. The first-order valence-corrected chi connectivity index (χ1v) is 6.56. The third-order valence-corrected chi connectivity index (χ3v) is 3.52. The molecule has 2 rings (SSSR count). The van der Waals surface area contributed by atoms with Gasteiger partial charge in [-0.1, -0.05) is 25.4 Å². The SMILES string of the molecule is CC(C)C(=O)c1ccc(Cl)c(N2CCCC2)c1. The minimum Gasteiger partial charge on any atom is -0.370 e. The zero-order valence-corrected chi connectivity index (χ0v) is 11.1. The molecule has 2 nitrogen and oxygen atoms in total. The van der Waals surface area contributed by atoms with Gasteiger partial charge in [-0.3, -0.25) is 4.79 Å². The van der Waals surface area contributed by atoms with E-state index in [4.69, 9.17) is 11.6 Å². The summed E-state index contributed by atoms with van der Waals surface area (Å²) in [6.45, 7) is 5.93. The molecule has 0 radical (unpaired) electrons. The first kappa shape index (κ1) is 12.4. The monoisotopic (exact) mass is 251 g/mol. The molecule has 1 saturated heterocycles. The van der Waals surface area contributed by atoms with Gasteiger partial charge in [0.25, 0.3) is 0 Å². The quantitative estimate of drug-likeness (QED) is 0.762. The van der Waals surface area contributed by atoms with Crippen molar-refractivity contribution in [2.45, 2.75) is 26.7 Å². The van der Waals surface area contributed by atoms with Crippen molar-refractivity contribution in [1.29, 1.82) is 0 Å². The maximum absolute atomic E-state index is 12.0. The third kappa shape index (κ3) is 2.63. The summed E-state index contributed by atoms with van der Waals surface area (Å²) in [6.07, 6.45) is 2.41. The lowest BCUT2D eigenvalue weighted by Gasteiger charge is -2.20. The number of carbonyl (C=O) groups is 1. The summed E-state index contributed by atoms with van der Waals surface area (Å²) in [7, 11) is 0. The van der Waals surface area contributed by atoms with Crippen LogP contribution in [0, 0.1) is 5.92 Å². The lowest BCUT2D eigenvalue weighted by Crippen LogP contribution is -2.19. The summed E-state index contributed by atoms with van der Waals surface area (Å²) >= 11 is 6.21. The van der Waals surface area contributed by atoms with Crippen molar-refractivity contribution < 1.29 is 4.79 Å². The first-order valence-electron chi connectivity index (χ1n) is 6.18. The van der Waals surface area contributed by atoms with Gasteiger partial charge in [-0.25, -0.2) is 0 Å². The largest absolute Gasteiger partial charge is 0.370 e. The van der Waals surface area contributed by atoms with E-state index in [2.05, 4.69) is 4.90 Å². The van der Waals surface area contributed by atoms with E-state index in [9.17, 15) is 4.79 Å². The molecule has 0 saturated carbocycles. The Balaban J connectivity index is 2.32. The number of halogens is 1. The number of ketones is 1. The van der Waals surface area contributed by atoms with Crippen molar-refractivity contribution in [1.82, 2.24) is 0 Å². The summed E-state index contributed by atoms with van der Waals surface area (Å²) in [5, 5.41) is 0.743. The van der Waals surface area contributed by atoms with Crippen LogP contribution in [-0.4, -0.2) is 18.9 Å². The van der Waals surface area contributed by atoms with Crippen LogP contribution in [0.3, 0.4) is 0 Å². The number of benzene rings is 1. The molecular weight excluding hydrogens is 234 g/mol. The number of nitrogens with zero attached hydrogens (tertiary/aromatic N) is 1. The van der Waals surface area contributed by atoms with E-state index >= 15 is 0 Å². The number of anilines is 1. The predicted molar refractivity (Wildman–Crippen MR) is 72.1 cm³/mol. The highest BCUT2D eigenvalue weighted by Gasteiger charge is 2.18. The molecule has 0 aliphatic carbocycles. The fraction of sp³-hybridized carbons (Fsp3) is 0.500. The first-order chi connectivity index (χ1) is 8.09. The molecular formula is C14H18ClNO. The summed E-state index contributed by atoms with van der Waals surface area (Å²) in [5.41, 5.74) is 1.78. The number of carbonyl (C=O) groups excluding carboxylic acids is 1. The molecule has 0 aromatic heterocycles. The normalized spacial score (nSPS) is 15.6. The van der Waals surface area contributed by atoms with Gasteiger partial charge in [0, 0.05) is 24.6 Å². The zero-order chi connectivity index (χ0) is 12.4. The Morgan fingerprint density at radius 2 is 1.94 bits per heavy atom. The minimum absolute atomic E-state index is 0.0302. The number of rotatable bonds is 3. The molecule has 1 aromatic carbocycles. The van der Waals surface area contributed by atoms with E-state index in [0.717, 1.165) is 29.4 Å². The Morgan fingerprint density at radius 3 is 2.53 bits per heavy atom. The standard InChI is InChI=1S/C14H18ClNO/c1-10(2)14(17)11-5-6-12(15)13(9-11)16-7-3-4-8-16/h5-6,9-10H,3-4,7-8H2,1-2H3. The van der Waals surface area contributed by atoms with Crippen LogP contribution in [-0.2, 0) is 0 Å². The summed E-state index contributed by atoms with van der Waals surface area (Å²) in [6, 6.07) is 5.60. The van der Waals surface area contributed by atoms with E-state index in [1.165, 1.54) is 12.8 Å². The fourth-order valence-corrected chi connectivity index (χ4v) is 2.44. The average molecular weight is 252 g/mol. The molecule has 0 amide bonds. The highest BCUT2D eigenvalue weighted by atomic mass is 35.5. The summed E-state index contributed by atoms with van der Waals surface area (Å²) < 4.78 is 0. The second-order valence-electron chi connectivity index (χ2n) is 4.88. The molecule has 1 heterocycles. The maximum Gasteiger partial charge on any atom is 0.165 e. The molecule has 0 spiro atoms. The van der Waals surface area contributed by atoms with Crippen molar-refractivity contribution in [2.75, 3.05) is 18.0 Å². The Hall–Kier alpha value is -1.02. The lowest BCUT2D eigenvalue weighted by atomic mass is 10.0. The summed E-state index contributed by atoms with van der Waals surface area (Å²) in [4.78, 5) is 14.2. The van der Waals surface area contributed by atoms with Gasteiger partial charge in [-0.15, -0.1) is 0 Å². The summed E-state index contributed by atoms with van der Waals surface area (Å²) in [5.74, 6) is 0.213. The van der Waals surface area contributed by atoms with Crippen LogP contribution in [0.4, 0.5) is 5.69 Å². The van der Waals surface area contributed by atoms with Crippen molar-refractivity contribution in [2.24, 2.45) is 5.92 Å². The fourth-order valence-electron chi connectivity index (χ4n) is 2.20. The van der Waals surface area contributed by atoms with Crippen LogP contribution in [0.5, 0.6) is 0 Å². The minimum atomic E-state index is 0.0302. The number of hydrogen-bond acceptors (Lipinski definition) is 2. The smallest absolute Gasteiger partial charge is 0.165 e. The van der Waals surface area contributed by atoms with Gasteiger partial charge < -0.3 is 4.90 Å². The number of hydrogen-bond donors (Lipinski definition) is 0. The van der Waals surface area contributed by atoms with Gasteiger partial charge in [-0.2, -0.15) is 0 Å².